The zero-order valence-electron chi connectivity index (χ0n) is 16.5. The highest BCUT2D eigenvalue weighted by Crippen LogP contribution is 2.53. The lowest BCUT2D eigenvalue weighted by atomic mass is 9.82. The molecule has 2 heteroatoms. The van der Waals surface area contributed by atoms with Gasteiger partial charge >= 0.3 is 0 Å². The summed E-state index contributed by atoms with van der Waals surface area (Å²) in [4.78, 5) is 0. The zero-order chi connectivity index (χ0) is 19.6. The van der Waals surface area contributed by atoms with Crippen LogP contribution < -0.4 is 0 Å². The summed E-state index contributed by atoms with van der Waals surface area (Å²) in [5.74, 6) is 0. The molecule has 1 aliphatic carbocycles. The maximum atomic E-state index is 6.30. The van der Waals surface area contributed by atoms with E-state index in [4.69, 9.17) is 11.6 Å². The minimum absolute atomic E-state index is 0.0664. The molecular formula is C25H24BrCl. The van der Waals surface area contributed by atoms with Crippen LogP contribution in [0.15, 0.2) is 59.1 Å². The normalized spacial score (nSPS) is 14.8. The van der Waals surface area contributed by atoms with Crippen molar-refractivity contribution in [2.45, 2.75) is 45.4 Å². The summed E-state index contributed by atoms with van der Waals surface area (Å²) in [7, 11) is 0. The van der Waals surface area contributed by atoms with E-state index in [0.717, 1.165) is 9.50 Å². The second-order valence-corrected chi connectivity index (χ2v) is 10.3. The van der Waals surface area contributed by atoms with Gasteiger partial charge in [-0.15, -0.1) is 0 Å². The molecule has 0 aliphatic heterocycles. The van der Waals surface area contributed by atoms with Crippen molar-refractivity contribution in [3.05, 3.63) is 80.8 Å². The fraction of sp³-hybridized carbons (Fsp3) is 0.280. The van der Waals surface area contributed by atoms with Gasteiger partial charge in [0.1, 0.15) is 0 Å². The third-order valence-corrected chi connectivity index (χ3v) is 6.61. The summed E-state index contributed by atoms with van der Waals surface area (Å²) in [5, 5.41) is 0.795. The maximum Gasteiger partial charge on any atom is 0.0409 e. The van der Waals surface area contributed by atoms with Crippen LogP contribution >= 0.6 is 27.5 Å². The summed E-state index contributed by atoms with van der Waals surface area (Å²) < 4.78 is 1.16. The summed E-state index contributed by atoms with van der Waals surface area (Å²) in [6.07, 6.45) is 0. The highest BCUT2D eigenvalue weighted by molar-refractivity contribution is 9.10. The number of halogens is 2. The zero-order valence-corrected chi connectivity index (χ0v) is 18.8. The predicted octanol–water partition coefficient (Wildman–Crippen LogP) is 8.37. The van der Waals surface area contributed by atoms with E-state index in [1.54, 1.807) is 0 Å². The molecule has 1 aliphatic rings. The molecule has 3 aromatic carbocycles. The average molecular weight is 440 g/mol. The molecule has 0 nitrogen and oxygen atoms in total. The van der Waals surface area contributed by atoms with Crippen LogP contribution in [0.2, 0.25) is 5.02 Å². The first-order valence-corrected chi connectivity index (χ1v) is 10.5. The smallest absolute Gasteiger partial charge is 0.0409 e. The molecule has 4 rings (SSSR count). The number of hydrogen-bond acceptors (Lipinski definition) is 0. The van der Waals surface area contributed by atoms with Crippen molar-refractivity contribution in [3.8, 4) is 22.3 Å². The topological polar surface area (TPSA) is 0 Å². The predicted molar refractivity (Wildman–Crippen MR) is 121 cm³/mol. The Hall–Kier alpha value is -1.57. The Morgan fingerprint density at radius 3 is 2.11 bits per heavy atom. The molecule has 0 fully saturated rings. The monoisotopic (exact) mass is 438 g/mol. The highest BCUT2D eigenvalue weighted by atomic mass is 79.9. The number of benzene rings is 3. The Bertz CT molecular complexity index is 1040. The lowest BCUT2D eigenvalue weighted by Crippen LogP contribution is -2.15. The van der Waals surface area contributed by atoms with Gasteiger partial charge in [0.15, 0.2) is 0 Å². The summed E-state index contributed by atoms with van der Waals surface area (Å²) in [6, 6.07) is 19.8. The molecule has 0 bridgehead atoms. The van der Waals surface area contributed by atoms with E-state index >= 15 is 0 Å². The molecule has 0 spiro atoms. The van der Waals surface area contributed by atoms with Gasteiger partial charge in [-0.1, -0.05) is 92.5 Å². The van der Waals surface area contributed by atoms with Crippen molar-refractivity contribution in [1.29, 1.82) is 0 Å². The van der Waals surface area contributed by atoms with E-state index in [-0.39, 0.29) is 10.8 Å². The molecule has 0 saturated heterocycles. The van der Waals surface area contributed by atoms with Gasteiger partial charge in [0, 0.05) is 14.9 Å². The fourth-order valence-corrected chi connectivity index (χ4v) is 5.31. The first-order valence-electron chi connectivity index (χ1n) is 9.34. The van der Waals surface area contributed by atoms with Crippen LogP contribution in [0.5, 0.6) is 0 Å². The third kappa shape index (κ3) is 3.05. The van der Waals surface area contributed by atoms with Crippen LogP contribution in [0, 0.1) is 0 Å². The van der Waals surface area contributed by atoms with Gasteiger partial charge in [-0.3, -0.25) is 0 Å². The van der Waals surface area contributed by atoms with E-state index in [1.165, 1.54) is 38.9 Å². The van der Waals surface area contributed by atoms with Crippen LogP contribution in [0.3, 0.4) is 0 Å². The molecule has 0 aromatic heterocycles. The second kappa shape index (κ2) is 6.22. The first kappa shape index (κ1) is 18.8. The van der Waals surface area contributed by atoms with Gasteiger partial charge in [0.25, 0.3) is 0 Å². The molecule has 0 saturated carbocycles. The fourth-order valence-electron chi connectivity index (χ4n) is 4.19. The molecule has 27 heavy (non-hydrogen) atoms. The highest BCUT2D eigenvalue weighted by Gasteiger charge is 2.37. The standard InChI is InChI=1S/C25H24BrCl/c1-24(2,3)17-8-6-15(7-9-17)16-12-20-19-11-10-18(27)14-21(19)25(4,5)23(20)22(26)13-16/h6-14H,1-5H3. The SMILES string of the molecule is CC(C)(C)c1ccc(-c2cc(Br)c3c(c2)-c2ccc(Cl)cc2C3(C)C)cc1. The van der Waals surface area contributed by atoms with Gasteiger partial charge in [0.2, 0.25) is 0 Å². The van der Waals surface area contributed by atoms with E-state index in [9.17, 15) is 0 Å². The molecule has 0 amide bonds. The van der Waals surface area contributed by atoms with Crippen molar-refractivity contribution in [2.24, 2.45) is 0 Å². The number of rotatable bonds is 1. The maximum absolute atomic E-state index is 6.30. The van der Waals surface area contributed by atoms with Gasteiger partial charge in [0.05, 0.1) is 0 Å². The Morgan fingerprint density at radius 2 is 1.48 bits per heavy atom. The van der Waals surface area contributed by atoms with Crippen LogP contribution in [-0.2, 0) is 10.8 Å². The molecule has 0 N–H and O–H groups in total. The molecule has 0 heterocycles. The van der Waals surface area contributed by atoms with Crippen molar-refractivity contribution < 1.29 is 0 Å². The molecule has 138 valence electrons. The largest absolute Gasteiger partial charge is 0.0843 e. The average Bonchev–Trinajstić information content (AvgIpc) is 2.82. The molecular weight excluding hydrogens is 416 g/mol. The van der Waals surface area contributed by atoms with E-state index in [0.29, 0.717) is 0 Å². The molecule has 0 radical (unpaired) electrons. The first-order chi connectivity index (χ1) is 12.6. The lowest BCUT2D eigenvalue weighted by Gasteiger charge is -2.23. The van der Waals surface area contributed by atoms with Crippen LogP contribution in [0.4, 0.5) is 0 Å². The Labute approximate surface area is 175 Å². The van der Waals surface area contributed by atoms with Crippen molar-refractivity contribution in [1.82, 2.24) is 0 Å². The molecule has 3 aromatic rings. The van der Waals surface area contributed by atoms with Gasteiger partial charge in [-0.2, -0.15) is 0 Å². The van der Waals surface area contributed by atoms with Gasteiger partial charge in [-0.05, 0) is 68.6 Å². The van der Waals surface area contributed by atoms with Crippen molar-refractivity contribution in [2.75, 3.05) is 0 Å². The van der Waals surface area contributed by atoms with Crippen molar-refractivity contribution in [3.63, 3.8) is 0 Å². The van der Waals surface area contributed by atoms with Gasteiger partial charge in [-0.25, -0.2) is 0 Å². The van der Waals surface area contributed by atoms with Crippen LogP contribution in [0.1, 0.15) is 51.3 Å². The minimum atomic E-state index is -0.0664. The molecule has 0 atom stereocenters. The number of fused-ring (bicyclic) bond motifs is 3. The van der Waals surface area contributed by atoms with Crippen LogP contribution in [-0.4, -0.2) is 0 Å². The van der Waals surface area contributed by atoms with Crippen LogP contribution in [0.25, 0.3) is 22.3 Å². The quantitative estimate of drug-likeness (QED) is 0.357. The second-order valence-electron chi connectivity index (χ2n) is 9.02. The lowest BCUT2D eigenvalue weighted by molar-refractivity contribution is 0.590. The van der Waals surface area contributed by atoms with Gasteiger partial charge < -0.3 is 0 Å². The van der Waals surface area contributed by atoms with E-state index < -0.39 is 0 Å². The summed E-state index contributed by atoms with van der Waals surface area (Å²) >= 11 is 10.2. The van der Waals surface area contributed by atoms with E-state index in [1.807, 2.05) is 6.07 Å². The third-order valence-electron chi connectivity index (χ3n) is 5.74. The summed E-state index contributed by atoms with van der Waals surface area (Å²) in [6.45, 7) is 11.3. The Balaban J connectivity index is 1.88. The Kier molecular flexibility index (Phi) is 4.33. The minimum Gasteiger partial charge on any atom is -0.0843 e. The Morgan fingerprint density at radius 1 is 0.815 bits per heavy atom. The van der Waals surface area contributed by atoms with E-state index in [2.05, 4.69) is 99.1 Å². The van der Waals surface area contributed by atoms with Crippen molar-refractivity contribution >= 4 is 27.5 Å². The number of hydrogen-bond donors (Lipinski definition) is 0. The summed E-state index contributed by atoms with van der Waals surface area (Å²) in [5.41, 5.74) is 9.16. The molecule has 0 unspecified atom stereocenters.